The van der Waals surface area contributed by atoms with Crippen LogP contribution < -0.4 is 0 Å². The molecule has 8 heavy (non-hydrogen) atoms. The predicted molar refractivity (Wildman–Crippen MR) is 38.2 cm³/mol. The van der Waals surface area contributed by atoms with E-state index in [4.69, 9.17) is 0 Å². The molecule has 2 aliphatic rings. The predicted octanol–water partition coefficient (Wildman–Crippen LogP) is 1.96. The van der Waals surface area contributed by atoms with Crippen molar-refractivity contribution in [3.63, 3.8) is 0 Å². The number of hydrogen-bond acceptors (Lipinski definition) is 1. The van der Waals surface area contributed by atoms with Crippen molar-refractivity contribution in [3.8, 4) is 0 Å². The van der Waals surface area contributed by atoms with Gasteiger partial charge in [-0.05, 0) is 42.8 Å². The molecule has 0 bridgehead atoms. The van der Waals surface area contributed by atoms with Gasteiger partial charge < -0.3 is 0 Å². The average molecular weight is 128 g/mol. The molecule has 0 nitrogen and oxygen atoms in total. The van der Waals surface area contributed by atoms with Crippen LogP contribution in [0.2, 0.25) is 0 Å². The van der Waals surface area contributed by atoms with E-state index in [-0.39, 0.29) is 0 Å². The molecule has 0 aromatic carbocycles. The largest absolute Gasteiger partial charge is 0.179 e. The van der Waals surface area contributed by atoms with Gasteiger partial charge in [-0.2, -0.15) is 12.6 Å². The zero-order chi connectivity index (χ0) is 5.56. The molecular formula is C7H12S. The highest BCUT2D eigenvalue weighted by atomic mass is 32.1. The van der Waals surface area contributed by atoms with Gasteiger partial charge in [-0.3, -0.25) is 0 Å². The molecule has 0 amide bonds. The summed E-state index contributed by atoms with van der Waals surface area (Å²) in [7, 11) is 0. The Labute approximate surface area is 56.1 Å². The molecule has 0 radical (unpaired) electrons. The normalized spacial score (nSPS) is 51.4. The van der Waals surface area contributed by atoms with Crippen molar-refractivity contribution >= 4 is 12.6 Å². The van der Waals surface area contributed by atoms with Gasteiger partial charge in [0, 0.05) is 0 Å². The molecule has 0 aromatic heterocycles. The lowest BCUT2D eigenvalue weighted by atomic mass is 10.1. The van der Waals surface area contributed by atoms with Crippen molar-refractivity contribution in [3.05, 3.63) is 0 Å². The van der Waals surface area contributed by atoms with E-state index in [0.717, 1.165) is 23.5 Å². The van der Waals surface area contributed by atoms with E-state index in [1.54, 1.807) is 0 Å². The molecule has 0 aromatic rings. The third-order valence-electron chi connectivity index (χ3n) is 2.73. The van der Waals surface area contributed by atoms with Crippen LogP contribution in [0.1, 0.15) is 19.3 Å². The van der Waals surface area contributed by atoms with Crippen LogP contribution in [0.25, 0.3) is 0 Å². The van der Waals surface area contributed by atoms with E-state index in [1.807, 2.05) is 0 Å². The first kappa shape index (κ1) is 5.16. The van der Waals surface area contributed by atoms with Crippen molar-refractivity contribution in [1.29, 1.82) is 0 Å². The van der Waals surface area contributed by atoms with Crippen molar-refractivity contribution in [2.24, 2.45) is 17.8 Å². The standard InChI is InChI=1S/C7H12S/c8-4-6-2-1-5-3-7(5)6/h5-8H,1-4H2. The first-order valence-corrected chi connectivity index (χ1v) is 4.16. The van der Waals surface area contributed by atoms with Crippen LogP contribution in [0.3, 0.4) is 0 Å². The third kappa shape index (κ3) is 0.604. The zero-order valence-electron chi connectivity index (χ0n) is 5.01. The summed E-state index contributed by atoms with van der Waals surface area (Å²) < 4.78 is 0. The molecule has 2 rings (SSSR count). The summed E-state index contributed by atoms with van der Waals surface area (Å²) in [6, 6.07) is 0. The van der Waals surface area contributed by atoms with E-state index in [0.29, 0.717) is 0 Å². The summed E-state index contributed by atoms with van der Waals surface area (Å²) in [5.41, 5.74) is 0. The molecule has 46 valence electrons. The van der Waals surface area contributed by atoms with Crippen LogP contribution in [-0.4, -0.2) is 5.75 Å². The molecule has 0 N–H and O–H groups in total. The topological polar surface area (TPSA) is 0 Å². The molecule has 2 saturated carbocycles. The summed E-state index contributed by atoms with van der Waals surface area (Å²) in [4.78, 5) is 0. The second-order valence-electron chi connectivity index (χ2n) is 3.18. The quantitative estimate of drug-likeness (QED) is 0.513. The minimum atomic E-state index is 1.00. The maximum atomic E-state index is 4.30. The highest BCUT2D eigenvalue weighted by Gasteiger charge is 2.46. The Morgan fingerprint density at radius 1 is 1.38 bits per heavy atom. The Morgan fingerprint density at radius 2 is 2.25 bits per heavy atom. The molecule has 3 unspecified atom stereocenters. The van der Waals surface area contributed by atoms with Crippen molar-refractivity contribution in [2.75, 3.05) is 5.75 Å². The molecule has 2 aliphatic carbocycles. The van der Waals surface area contributed by atoms with Gasteiger partial charge in [0.05, 0.1) is 0 Å². The van der Waals surface area contributed by atoms with Crippen LogP contribution >= 0.6 is 12.6 Å². The van der Waals surface area contributed by atoms with Gasteiger partial charge in [0.2, 0.25) is 0 Å². The van der Waals surface area contributed by atoms with Gasteiger partial charge in [-0.15, -0.1) is 0 Å². The van der Waals surface area contributed by atoms with Gasteiger partial charge in [-0.25, -0.2) is 0 Å². The van der Waals surface area contributed by atoms with Crippen LogP contribution in [0.5, 0.6) is 0 Å². The number of thiol groups is 1. The lowest BCUT2D eigenvalue weighted by Crippen LogP contribution is -1.98. The van der Waals surface area contributed by atoms with Gasteiger partial charge >= 0.3 is 0 Å². The second-order valence-corrected chi connectivity index (χ2v) is 3.54. The van der Waals surface area contributed by atoms with Gasteiger partial charge in [0.15, 0.2) is 0 Å². The van der Waals surface area contributed by atoms with Crippen molar-refractivity contribution < 1.29 is 0 Å². The fraction of sp³-hybridized carbons (Fsp3) is 1.00. The second kappa shape index (κ2) is 1.66. The Balaban J connectivity index is 1.97. The Morgan fingerprint density at radius 3 is 2.50 bits per heavy atom. The molecular weight excluding hydrogens is 116 g/mol. The Kier molecular flexibility index (Phi) is 1.07. The summed E-state index contributed by atoms with van der Waals surface area (Å²) >= 11 is 4.30. The number of rotatable bonds is 1. The first-order chi connectivity index (χ1) is 3.92. The molecule has 3 atom stereocenters. The van der Waals surface area contributed by atoms with Crippen LogP contribution in [0.15, 0.2) is 0 Å². The third-order valence-corrected chi connectivity index (χ3v) is 3.19. The minimum absolute atomic E-state index is 1.00. The van der Waals surface area contributed by atoms with Crippen molar-refractivity contribution in [1.82, 2.24) is 0 Å². The molecule has 0 aliphatic heterocycles. The lowest BCUT2D eigenvalue weighted by Gasteiger charge is -2.04. The highest BCUT2D eigenvalue weighted by molar-refractivity contribution is 7.80. The number of fused-ring (bicyclic) bond motifs is 1. The SMILES string of the molecule is SCC1CCC2CC12. The van der Waals surface area contributed by atoms with Gasteiger partial charge in [-0.1, -0.05) is 0 Å². The van der Waals surface area contributed by atoms with E-state index in [2.05, 4.69) is 12.6 Å². The summed E-state index contributed by atoms with van der Waals surface area (Å²) in [5.74, 6) is 4.41. The lowest BCUT2D eigenvalue weighted by molar-refractivity contribution is 0.541. The minimum Gasteiger partial charge on any atom is -0.179 e. The van der Waals surface area contributed by atoms with Gasteiger partial charge in [0.25, 0.3) is 0 Å². The number of hydrogen-bond donors (Lipinski definition) is 1. The maximum Gasteiger partial charge on any atom is -0.00667 e. The zero-order valence-corrected chi connectivity index (χ0v) is 5.90. The molecule has 0 saturated heterocycles. The molecule has 2 fully saturated rings. The van der Waals surface area contributed by atoms with Gasteiger partial charge in [0.1, 0.15) is 0 Å². The fourth-order valence-corrected chi connectivity index (χ4v) is 2.50. The summed E-state index contributed by atoms with van der Waals surface area (Å²) in [6.07, 6.45) is 4.51. The van der Waals surface area contributed by atoms with E-state index >= 15 is 0 Å². The molecule has 0 spiro atoms. The summed E-state index contributed by atoms with van der Waals surface area (Å²) in [5, 5.41) is 0. The maximum absolute atomic E-state index is 4.30. The first-order valence-electron chi connectivity index (χ1n) is 3.52. The smallest absolute Gasteiger partial charge is 0.00667 e. The van der Waals surface area contributed by atoms with E-state index in [9.17, 15) is 0 Å². The van der Waals surface area contributed by atoms with Crippen LogP contribution in [-0.2, 0) is 0 Å². The van der Waals surface area contributed by atoms with Crippen molar-refractivity contribution in [2.45, 2.75) is 19.3 Å². The molecule has 1 heteroatoms. The highest BCUT2D eigenvalue weighted by Crippen LogP contribution is 2.55. The van der Waals surface area contributed by atoms with Crippen LogP contribution in [0.4, 0.5) is 0 Å². The Bertz CT molecular complexity index is 101. The fourth-order valence-electron chi connectivity index (χ4n) is 2.05. The monoisotopic (exact) mass is 128 g/mol. The Hall–Kier alpha value is 0.350. The van der Waals surface area contributed by atoms with E-state index < -0.39 is 0 Å². The molecule has 0 heterocycles. The average Bonchev–Trinajstić information content (AvgIpc) is 2.46. The van der Waals surface area contributed by atoms with Crippen LogP contribution in [0, 0.1) is 17.8 Å². The summed E-state index contributed by atoms with van der Waals surface area (Å²) in [6.45, 7) is 0. The van der Waals surface area contributed by atoms with E-state index in [1.165, 1.54) is 19.3 Å².